The first-order valence-corrected chi connectivity index (χ1v) is 6.61. The van der Waals surface area contributed by atoms with E-state index in [-0.39, 0.29) is 5.97 Å². The summed E-state index contributed by atoms with van der Waals surface area (Å²) >= 11 is 0. The Morgan fingerprint density at radius 3 is 2.44 bits per heavy atom. The maximum atomic E-state index is 10.9. The highest BCUT2D eigenvalue weighted by molar-refractivity contribution is 5.80. The predicted octanol–water partition coefficient (Wildman–Crippen LogP) is 1.54. The lowest BCUT2D eigenvalue weighted by molar-refractivity contribution is -0.140. The maximum Gasteiger partial charge on any atom is 0.307 e. The van der Waals surface area contributed by atoms with Crippen molar-refractivity contribution in [1.29, 1.82) is 0 Å². The van der Waals surface area contributed by atoms with E-state index in [0.717, 1.165) is 24.8 Å². The summed E-state index contributed by atoms with van der Waals surface area (Å²) in [6, 6.07) is 0. The fourth-order valence-electron chi connectivity index (χ4n) is 1.49. The number of esters is 1. The molecule has 0 unspecified atom stereocenters. The lowest BCUT2D eigenvalue weighted by Gasteiger charge is -2.11. The Bertz CT molecular complexity index is 253. The van der Waals surface area contributed by atoms with Crippen molar-refractivity contribution in [1.82, 2.24) is 10.6 Å². The van der Waals surface area contributed by atoms with E-state index in [9.17, 15) is 4.79 Å². The lowest BCUT2D eigenvalue weighted by atomic mass is 10.1. The molecule has 0 radical (unpaired) electrons. The zero-order valence-corrected chi connectivity index (χ0v) is 12.1. The molecule has 0 aromatic heterocycles. The number of nitrogens with zero attached hydrogens (tertiary/aromatic N) is 1. The van der Waals surface area contributed by atoms with Gasteiger partial charge in [-0.15, -0.1) is 0 Å². The fourth-order valence-corrected chi connectivity index (χ4v) is 1.49. The van der Waals surface area contributed by atoms with Crippen LogP contribution < -0.4 is 10.6 Å². The third-order valence-electron chi connectivity index (χ3n) is 2.57. The van der Waals surface area contributed by atoms with Crippen LogP contribution >= 0.6 is 0 Å². The Morgan fingerprint density at radius 1 is 1.22 bits per heavy atom. The summed E-state index contributed by atoms with van der Waals surface area (Å²) in [5.41, 5.74) is 0. The summed E-state index contributed by atoms with van der Waals surface area (Å²) in [6.07, 6.45) is 3.97. The number of unbranched alkanes of at least 4 members (excludes halogenated alkanes) is 1. The van der Waals surface area contributed by atoms with Crippen LogP contribution in [0.1, 0.15) is 39.5 Å². The van der Waals surface area contributed by atoms with Crippen LogP contribution in [0.2, 0.25) is 0 Å². The molecule has 0 aliphatic heterocycles. The number of carbonyl (C=O) groups excluding carboxylic acids is 1. The Balaban J connectivity index is 3.56. The number of nitrogens with one attached hydrogen (secondary N) is 2. The lowest BCUT2D eigenvalue weighted by Crippen LogP contribution is -2.38. The molecule has 106 valence electrons. The van der Waals surface area contributed by atoms with Crippen LogP contribution in [0, 0.1) is 5.92 Å². The predicted molar refractivity (Wildman–Crippen MR) is 74.7 cm³/mol. The summed E-state index contributed by atoms with van der Waals surface area (Å²) < 4.78 is 4.56. The van der Waals surface area contributed by atoms with E-state index in [4.69, 9.17) is 0 Å². The van der Waals surface area contributed by atoms with E-state index in [1.165, 1.54) is 20.0 Å². The number of rotatable bonds is 8. The number of methoxy groups -OCH3 is 1. The first-order chi connectivity index (χ1) is 8.60. The quantitative estimate of drug-likeness (QED) is 0.300. The van der Waals surface area contributed by atoms with E-state index in [1.54, 1.807) is 7.05 Å². The van der Waals surface area contributed by atoms with Gasteiger partial charge in [-0.25, -0.2) is 0 Å². The summed E-state index contributed by atoms with van der Waals surface area (Å²) in [5, 5.41) is 6.29. The van der Waals surface area contributed by atoms with Gasteiger partial charge in [-0.2, -0.15) is 0 Å². The molecule has 18 heavy (non-hydrogen) atoms. The SMILES string of the molecule is CN=C(NCCCCC(C)C)NCCC(=O)OC. The zero-order chi connectivity index (χ0) is 13.8. The molecule has 0 rings (SSSR count). The van der Waals surface area contributed by atoms with Gasteiger partial charge in [0.05, 0.1) is 13.5 Å². The smallest absolute Gasteiger partial charge is 0.307 e. The second kappa shape index (κ2) is 10.9. The van der Waals surface area contributed by atoms with Gasteiger partial charge in [-0.3, -0.25) is 9.79 Å². The van der Waals surface area contributed by atoms with E-state index in [0.29, 0.717) is 13.0 Å². The molecular formula is C13H27N3O2. The van der Waals surface area contributed by atoms with Gasteiger partial charge < -0.3 is 15.4 Å². The topological polar surface area (TPSA) is 62.7 Å². The number of ether oxygens (including phenoxy) is 1. The number of aliphatic imine (C=N–C) groups is 1. The zero-order valence-electron chi connectivity index (χ0n) is 12.1. The van der Waals surface area contributed by atoms with Crippen molar-refractivity contribution < 1.29 is 9.53 Å². The third kappa shape index (κ3) is 9.93. The molecule has 0 saturated heterocycles. The van der Waals surface area contributed by atoms with E-state index in [2.05, 4.69) is 34.2 Å². The van der Waals surface area contributed by atoms with E-state index in [1.807, 2.05) is 0 Å². The summed E-state index contributed by atoms with van der Waals surface area (Å²) in [5.74, 6) is 1.29. The highest BCUT2D eigenvalue weighted by Crippen LogP contribution is 2.04. The van der Waals surface area contributed by atoms with Crippen LogP contribution in [0.3, 0.4) is 0 Å². The molecule has 0 aromatic carbocycles. The third-order valence-corrected chi connectivity index (χ3v) is 2.57. The number of carbonyl (C=O) groups is 1. The van der Waals surface area contributed by atoms with Crippen molar-refractivity contribution in [2.75, 3.05) is 27.2 Å². The molecule has 0 bridgehead atoms. The van der Waals surface area contributed by atoms with Gasteiger partial charge >= 0.3 is 5.97 Å². The minimum absolute atomic E-state index is 0.213. The average Bonchev–Trinajstić information content (AvgIpc) is 2.35. The molecular weight excluding hydrogens is 230 g/mol. The minimum Gasteiger partial charge on any atom is -0.469 e. The van der Waals surface area contributed by atoms with Crippen molar-refractivity contribution in [3.8, 4) is 0 Å². The normalized spacial score (nSPS) is 11.5. The van der Waals surface area contributed by atoms with E-state index >= 15 is 0 Å². The Kier molecular flexibility index (Phi) is 10.1. The Morgan fingerprint density at radius 2 is 1.89 bits per heavy atom. The van der Waals surface area contributed by atoms with Gasteiger partial charge in [0.15, 0.2) is 5.96 Å². The molecule has 0 amide bonds. The van der Waals surface area contributed by atoms with Gasteiger partial charge in [0, 0.05) is 20.1 Å². The Labute approximate surface area is 110 Å². The highest BCUT2D eigenvalue weighted by atomic mass is 16.5. The molecule has 5 heteroatoms. The number of hydrogen-bond donors (Lipinski definition) is 2. The van der Waals surface area contributed by atoms with Crippen molar-refractivity contribution in [3.05, 3.63) is 0 Å². The van der Waals surface area contributed by atoms with Crippen molar-refractivity contribution in [3.63, 3.8) is 0 Å². The van der Waals surface area contributed by atoms with Crippen molar-refractivity contribution in [2.45, 2.75) is 39.5 Å². The fraction of sp³-hybridized carbons (Fsp3) is 0.846. The van der Waals surface area contributed by atoms with E-state index < -0.39 is 0 Å². The monoisotopic (exact) mass is 257 g/mol. The van der Waals surface area contributed by atoms with Crippen LogP contribution in [0.4, 0.5) is 0 Å². The summed E-state index contributed by atoms with van der Waals surface area (Å²) in [7, 11) is 3.12. The summed E-state index contributed by atoms with van der Waals surface area (Å²) in [4.78, 5) is 15.0. The highest BCUT2D eigenvalue weighted by Gasteiger charge is 2.01. The molecule has 0 heterocycles. The van der Waals surface area contributed by atoms with Gasteiger partial charge in [0.2, 0.25) is 0 Å². The molecule has 0 spiro atoms. The number of guanidine groups is 1. The molecule has 0 saturated carbocycles. The average molecular weight is 257 g/mol. The van der Waals surface area contributed by atoms with Crippen molar-refractivity contribution >= 4 is 11.9 Å². The van der Waals surface area contributed by atoms with Crippen LogP contribution in [-0.2, 0) is 9.53 Å². The molecule has 2 N–H and O–H groups in total. The van der Waals surface area contributed by atoms with Crippen LogP contribution in [-0.4, -0.2) is 39.2 Å². The second-order valence-electron chi connectivity index (χ2n) is 4.64. The van der Waals surface area contributed by atoms with Crippen LogP contribution in [0.25, 0.3) is 0 Å². The molecule has 0 aromatic rings. The largest absolute Gasteiger partial charge is 0.469 e. The second-order valence-corrected chi connectivity index (χ2v) is 4.64. The first kappa shape index (κ1) is 16.7. The summed E-state index contributed by atoms with van der Waals surface area (Å²) in [6.45, 7) is 5.92. The molecule has 0 aliphatic rings. The molecule has 0 aliphatic carbocycles. The van der Waals surface area contributed by atoms with Crippen LogP contribution in [0.5, 0.6) is 0 Å². The van der Waals surface area contributed by atoms with Gasteiger partial charge in [-0.1, -0.05) is 26.7 Å². The molecule has 0 fully saturated rings. The standard InChI is InChI=1S/C13H27N3O2/c1-11(2)7-5-6-9-15-13(14-3)16-10-8-12(17)18-4/h11H,5-10H2,1-4H3,(H2,14,15,16). The van der Waals surface area contributed by atoms with Crippen LogP contribution in [0.15, 0.2) is 4.99 Å². The maximum absolute atomic E-state index is 10.9. The Hall–Kier alpha value is -1.26. The van der Waals surface area contributed by atoms with Gasteiger partial charge in [0.25, 0.3) is 0 Å². The minimum atomic E-state index is -0.213. The van der Waals surface area contributed by atoms with Gasteiger partial charge in [-0.05, 0) is 12.3 Å². The van der Waals surface area contributed by atoms with Crippen molar-refractivity contribution in [2.24, 2.45) is 10.9 Å². The van der Waals surface area contributed by atoms with Gasteiger partial charge in [0.1, 0.15) is 0 Å². The first-order valence-electron chi connectivity index (χ1n) is 6.61. The molecule has 0 atom stereocenters. The molecule has 5 nitrogen and oxygen atoms in total. The number of hydrogen-bond acceptors (Lipinski definition) is 3.